The summed E-state index contributed by atoms with van der Waals surface area (Å²) in [5, 5.41) is 9.30. The largest absolute Gasteiger partial charge is 0.445 e. The van der Waals surface area contributed by atoms with Crippen LogP contribution in [0.3, 0.4) is 0 Å². The van der Waals surface area contributed by atoms with Crippen molar-refractivity contribution in [3.8, 4) is 0 Å². The van der Waals surface area contributed by atoms with Gasteiger partial charge in [0.1, 0.15) is 24.3 Å². The molecule has 2 aromatic heterocycles. The number of benzene rings is 2. The minimum Gasteiger partial charge on any atom is -0.445 e. The molecule has 184 valence electrons. The molecule has 1 aliphatic heterocycles. The van der Waals surface area contributed by atoms with Gasteiger partial charge in [0.15, 0.2) is 10.3 Å². The number of nitrogens with one attached hydrogen (secondary N) is 1. The van der Waals surface area contributed by atoms with Crippen molar-refractivity contribution < 1.29 is 14.3 Å². The van der Waals surface area contributed by atoms with Crippen LogP contribution in [0.25, 0.3) is 0 Å². The first-order valence-electron chi connectivity index (χ1n) is 11.5. The molecule has 0 spiro atoms. The maximum atomic E-state index is 14.2. The molecule has 5 rings (SSSR count). The van der Waals surface area contributed by atoms with Crippen molar-refractivity contribution in [2.24, 2.45) is 0 Å². The van der Waals surface area contributed by atoms with Crippen molar-refractivity contribution >= 4 is 40.2 Å². The number of rotatable bonds is 8. The van der Waals surface area contributed by atoms with Crippen LogP contribution in [0.4, 0.5) is 9.93 Å². The van der Waals surface area contributed by atoms with E-state index >= 15 is 0 Å². The number of thioether (sulfide) groups is 1. The summed E-state index contributed by atoms with van der Waals surface area (Å²) in [6.45, 7) is 0.613. The van der Waals surface area contributed by atoms with Crippen molar-refractivity contribution in [2.45, 2.75) is 36.0 Å². The fourth-order valence-corrected chi connectivity index (χ4v) is 5.86. The number of hydrogen-bond donors (Lipinski definition) is 1. The molecule has 3 heterocycles. The van der Waals surface area contributed by atoms with E-state index in [-0.39, 0.29) is 12.5 Å². The molecule has 1 N–H and O–H groups in total. The van der Waals surface area contributed by atoms with Gasteiger partial charge < -0.3 is 4.74 Å². The summed E-state index contributed by atoms with van der Waals surface area (Å²) in [5.41, 5.74) is 1.79. The Morgan fingerprint density at radius 1 is 1.14 bits per heavy atom. The third-order valence-corrected chi connectivity index (χ3v) is 7.67. The van der Waals surface area contributed by atoms with Gasteiger partial charge in [0.2, 0.25) is 0 Å². The van der Waals surface area contributed by atoms with E-state index in [1.54, 1.807) is 11.1 Å². The molecule has 9 nitrogen and oxygen atoms in total. The SMILES string of the molecule is O=C(OCc1ccccc1)N1CCCC1C(=O)N(c1nccs1)C(Sc1ncn[nH]1)c1ccccc1. The number of H-pyrrole nitrogens is 1. The highest BCUT2D eigenvalue weighted by atomic mass is 32.2. The summed E-state index contributed by atoms with van der Waals surface area (Å²) in [6.07, 6.45) is 3.88. The van der Waals surface area contributed by atoms with E-state index in [2.05, 4.69) is 20.2 Å². The normalized spacial score (nSPS) is 16.0. The maximum absolute atomic E-state index is 14.2. The number of thiazole rings is 1. The molecule has 1 fully saturated rings. The van der Waals surface area contributed by atoms with Gasteiger partial charge in [-0.1, -0.05) is 72.4 Å². The molecule has 0 aliphatic carbocycles. The number of carbonyl (C=O) groups excluding carboxylic acids is 2. The minimum atomic E-state index is -0.654. The van der Waals surface area contributed by atoms with Crippen LogP contribution in [0.1, 0.15) is 29.3 Å². The molecular formula is C25H24N6O3S2. The predicted molar refractivity (Wildman–Crippen MR) is 137 cm³/mol. The van der Waals surface area contributed by atoms with Gasteiger partial charge in [-0.3, -0.25) is 19.7 Å². The van der Waals surface area contributed by atoms with Crippen molar-refractivity contribution in [3.05, 3.63) is 89.7 Å². The van der Waals surface area contributed by atoms with Gasteiger partial charge in [0.25, 0.3) is 5.91 Å². The number of hydrogen-bond acceptors (Lipinski definition) is 8. The topological polar surface area (TPSA) is 104 Å². The van der Waals surface area contributed by atoms with Crippen molar-refractivity contribution in [1.29, 1.82) is 0 Å². The van der Waals surface area contributed by atoms with Crippen molar-refractivity contribution in [2.75, 3.05) is 11.4 Å². The number of aromatic amines is 1. The average molecular weight is 521 g/mol. The van der Waals surface area contributed by atoms with Gasteiger partial charge in [-0.25, -0.2) is 14.8 Å². The summed E-state index contributed by atoms with van der Waals surface area (Å²) in [7, 11) is 0. The fourth-order valence-electron chi connectivity index (χ4n) is 4.09. The molecule has 1 saturated heterocycles. The molecule has 2 amide bonds. The van der Waals surface area contributed by atoms with Gasteiger partial charge in [-0.15, -0.1) is 11.3 Å². The van der Waals surface area contributed by atoms with Crippen molar-refractivity contribution in [1.82, 2.24) is 25.1 Å². The highest BCUT2D eigenvalue weighted by Crippen LogP contribution is 2.41. The summed E-state index contributed by atoms with van der Waals surface area (Å²) in [5.74, 6) is -0.208. The smallest absolute Gasteiger partial charge is 0.410 e. The molecule has 0 radical (unpaired) electrons. The Kier molecular flexibility index (Phi) is 7.58. The molecule has 2 aromatic carbocycles. The highest BCUT2D eigenvalue weighted by molar-refractivity contribution is 7.99. The fraction of sp³-hybridized carbons (Fsp3) is 0.240. The highest BCUT2D eigenvalue weighted by Gasteiger charge is 2.41. The van der Waals surface area contributed by atoms with E-state index in [1.807, 2.05) is 66.0 Å². The number of anilines is 1. The monoisotopic (exact) mass is 520 g/mol. The Morgan fingerprint density at radius 2 is 1.92 bits per heavy atom. The van der Waals surface area contributed by atoms with Gasteiger partial charge in [0, 0.05) is 18.1 Å². The lowest BCUT2D eigenvalue weighted by atomic mass is 10.1. The van der Waals surface area contributed by atoms with E-state index in [1.165, 1.54) is 34.3 Å². The summed E-state index contributed by atoms with van der Waals surface area (Å²) in [6, 6.07) is 18.5. The number of amides is 2. The van der Waals surface area contributed by atoms with Crippen LogP contribution in [-0.4, -0.2) is 49.7 Å². The summed E-state index contributed by atoms with van der Waals surface area (Å²) < 4.78 is 5.57. The molecule has 2 unspecified atom stereocenters. The first kappa shape index (κ1) is 24.0. The van der Waals surface area contributed by atoms with E-state index in [0.29, 0.717) is 29.7 Å². The number of nitrogens with zero attached hydrogens (tertiary/aromatic N) is 5. The lowest BCUT2D eigenvalue weighted by Gasteiger charge is -2.33. The lowest BCUT2D eigenvalue weighted by Crippen LogP contribution is -2.48. The van der Waals surface area contributed by atoms with Gasteiger partial charge in [-0.05, 0) is 24.0 Å². The predicted octanol–water partition coefficient (Wildman–Crippen LogP) is 4.89. The Balaban J connectivity index is 1.42. The Labute approximate surface area is 216 Å². The van der Waals surface area contributed by atoms with Crippen LogP contribution < -0.4 is 4.90 Å². The first-order chi connectivity index (χ1) is 17.7. The molecular weight excluding hydrogens is 496 g/mol. The Bertz CT molecular complexity index is 1260. The van der Waals surface area contributed by atoms with Crippen LogP contribution in [0.2, 0.25) is 0 Å². The van der Waals surface area contributed by atoms with Crippen LogP contribution in [0, 0.1) is 0 Å². The zero-order chi connectivity index (χ0) is 24.7. The molecule has 0 bridgehead atoms. The van der Waals surface area contributed by atoms with E-state index < -0.39 is 17.5 Å². The van der Waals surface area contributed by atoms with Gasteiger partial charge in [0.05, 0.1) is 0 Å². The second-order valence-electron chi connectivity index (χ2n) is 8.09. The van der Waals surface area contributed by atoms with Crippen molar-refractivity contribution in [3.63, 3.8) is 0 Å². The van der Waals surface area contributed by atoms with Crippen LogP contribution in [-0.2, 0) is 16.1 Å². The Hall–Kier alpha value is -3.70. The van der Waals surface area contributed by atoms with Gasteiger partial charge >= 0.3 is 6.09 Å². The number of ether oxygens (including phenoxy) is 1. The zero-order valence-corrected chi connectivity index (χ0v) is 20.9. The zero-order valence-electron chi connectivity index (χ0n) is 19.3. The van der Waals surface area contributed by atoms with E-state index in [4.69, 9.17) is 4.74 Å². The number of carbonyl (C=O) groups is 2. The van der Waals surface area contributed by atoms with E-state index in [9.17, 15) is 9.59 Å². The lowest BCUT2D eigenvalue weighted by molar-refractivity contribution is -0.122. The molecule has 0 saturated carbocycles. The summed E-state index contributed by atoms with van der Waals surface area (Å²) in [4.78, 5) is 39.1. The third-order valence-electron chi connectivity index (χ3n) is 5.78. The molecule has 4 aromatic rings. The third kappa shape index (κ3) is 5.42. The van der Waals surface area contributed by atoms with Crippen LogP contribution >= 0.6 is 23.1 Å². The average Bonchev–Trinajstić information content (AvgIpc) is 3.71. The van der Waals surface area contributed by atoms with Gasteiger partial charge in [-0.2, -0.15) is 5.10 Å². The standard InChI is InChI=1S/C25H24N6O3S2/c32-21(20-12-7-14-30(20)25(33)34-16-18-8-3-1-4-9-18)31(24-26-13-15-35-24)22(19-10-5-2-6-11-19)36-23-27-17-28-29-23/h1-6,8-11,13,15,17,20,22H,7,12,14,16H2,(H,27,28,29). The first-order valence-corrected chi connectivity index (χ1v) is 13.2. The molecule has 2 atom stereocenters. The number of aromatic nitrogens is 4. The second-order valence-corrected chi connectivity index (χ2v) is 10.0. The molecule has 11 heteroatoms. The second kappa shape index (κ2) is 11.4. The Morgan fingerprint density at radius 3 is 2.61 bits per heavy atom. The molecule has 36 heavy (non-hydrogen) atoms. The minimum absolute atomic E-state index is 0.154. The van der Waals surface area contributed by atoms with Crippen LogP contribution in [0.5, 0.6) is 0 Å². The molecule has 1 aliphatic rings. The number of likely N-dealkylation sites (tertiary alicyclic amines) is 1. The van der Waals surface area contributed by atoms with Crippen LogP contribution in [0.15, 0.2) is 83.7 Å². The maximum Gasteiger partial charge on any atom is 0.410 e. The van der Waals surface area contributed by atoms with E-state index in [0.717, 1.165) is 11.1 Å². The summed E-state index contributed by atoms with van der Waals surface area (Å²) >= 11 is 2.74. The quantitative estimate of drug-likeness (QED) is 0.261.